The van der Waals surface area contributed by atoms with E-state index in [1.165, 1.54) is 16.7 Å². The highest BCUT2D eigenvalue weighted by atomic mass is 16.5. The highest BCUT2D eigenvalue weighted by Crippen LogP contribution is 2.26. The third-order valence-corrected chi connectivity index (χ3v) is 4.02. The molecular formula is C21H22N2O2. The van der Waals surface area contributed by atoms with E-state index < -0.39 is 0 Å². The Morgan fingerprint density at radius 3 is 2.40 bits per heavy atom. The van der Waals surface area contributed by atoms with Gasteiger partial charge in [-0.05, 0) is 43.5 Å². The van der Waals surface area contributed by atoms with E-state index in [1.54, 1.807) is 11.6 Å². The van der Waals surface area contributed by atoms with Crippen LogP contribution in [-0.2, 0) is 16.1 Å². The minimum absolute atomic E-state index is 0.122. The number of nitrogens with zero attached hydrogens (tertiary/aromatic N) is 2. The molecule has 0 aliphatic carbocycles. The number of hydrogen-bond acceptors (Lipinski definition) is 3. The molecule has 4 heteroatoms. The van der Waals surface area contributed by atoms with Crippen molar-refractivity contribution in [3.63, 3.8) is 0 Å². The van der Waals surface area contributed by atoms with Crippen LogP contribution in [0.25, 0.3) is 22.4 Å². The summed E-state index contributed by atoms with van der Waals surface area (Å²) in [7, 11) is 0. The van der Waals surface area contributed by atoms with Crippen molar-refractivity contribution in [1.82, 2.24) is 9.78 Å². The number of esters is 1. The highest BCUT2D eigenvalue weighted by Gasteiger charge is 2.12. The molecule has 4 nitrogen and oxygen atoms in total. The van der Waals surface area contributed by atoms with Gasteiger partial charge in [0.1, 0.15) is 6.54 Å². The first-order chi connectivity index (χ1) is 12.1. The predicted octanol–water partition coefficient (Wildman–Crippen LogP) is 4.40. The van der Waals surface area contributed by atoms with Crippen LogP contribution >= 0.6 is 0 Å². The molecule has 0 unspecified atom stereocenters. The van der Waals surface area contributed by atoms with E-state index in [9.17, 15) is 4.79 Å². The summed E-state index contributed by atoms with van der Waals surface area (Å²) in [5.74, 6) is -0.275. The number of hydrogen-bond donors (Lipinski definition) is 0. The lowest BCUT2D eigenvalue weighted by molar-refractivity contribution is -0.144. The second-order valence-corrected chi connectivity index (χ2v) is 6.08. The predicted molar refractivity (Wildman–Crippen MR) is 99.2 cm³/mol. The summed E-state index contributed by atoms with van der Waals surface area (Å²) in [6.07, 6.45) is 0. The molecule has 0 aliphatic heterocycles. The van der Waals surface area contributed by atoms with Crippen molar-refractivity contribution in [2.45, 2.75) is 27.3 Å². The fourth-order valence-electron chi connectivity index (χ4n) is 2.89. The number of benzene rings is 2. The average Bonchev–Trinajstić information content (AvgIpc) is 2.95. The molecule has 0 saturated heterocycles. The molecule has 1 aromatic heterocycles. The van der Waals surface area contributed by atoms with Crippen LogP contribution in [0.1, 0.15) is 18.2 Å². The van der Waals surface area contributed by atoms with Crippen molar-refractivity contribution in [2.24, 2.45) is 0 Å². The van der Waals surface area contributed by atoms with E-state index in [0.717, 1.165) is 17.0 Å². The zero-order valence-electron chi connectivity index (χ0n) is 14.8. The molecule has 0 N–H and O–H groups in total. The molecule has 0 bridgehead atoms. The first-order valence-electron chi connectivity index (χ1n) is 8.44. The topological polar surface area (TPSA) is 44.1 Å². The highest BCUT2D eigenvalue weighted by molar-refractivity contribution is 5.72. The van der Waals surface area contributed by atoms with Crippen LogP contribution in [-0.4, -0.2) is 22.4 Å². The maximum atomic E-state index is 11.8. The van der Waals surface area contributed by atoms with Crippen molar-refractivity contribution in [2.75, 3.05) is 6.61 Å². The number of carbonyl (C=O) groups excluding carboxylic acids is 1. The van der Waals surface area contributed by atoms with Crippen molar-refractivity contribution in [3.8, 4) is 22.4 Å². The number of aromatic nitrogens is 2. The zero-order valence-corrected chi connectivity index (χ0v) is 14.8. The van der Waals surface area contributed by atoms with Crippen LogP contribution in [0.5, 0.6) is 0 Å². The minimum atomic E-state index is -0.275. The van der Waals surface area contributed by atoms with Gasteiger partial charge in [0.15, 0.2) is 0 Å². The molecule has 0 radical (unpaired) electrons. The molecule has 0 aliphatic rings. The Bertz CT molecular complexity index is 879. The van der Waals surface area contributed by atoms with Crippen LogP contribution in [0, 0.1) is 13.8 Å². The Labute approximate surface area is 148 Å². The molecule has 0 saturated carbocycles. The summed E-state index contributed by atoms with van der Waals surface area (Å²) < 4.78 is 6.74. The molecule has 3 rings (SSSR count). The summed E-state index contributed by atoms with van der Waals surface area (Å²) in [5, 5.41) is 4.42. The Balaban J connectivity index is 1.89. The normalized spacial score (nSPS) is 10.7. The molecule has 1 heterocycles. The number of carbonyl (C=O) groups is 1. The maximum absolute atomic E-state index is 11.8. The van der Waals surface area contributed by atoms with Gasteiger partial charge in [-0.1, -0.05) is 54.1 Å². The van der Waals surface area contributed by atoms with E-state index >= 15 is 0 Å². The SMILES string of the molecule is CCOC(=O)Cn1nc(C)cc1-c1ccc(-c2cccc(C)c2)cc1. The second kappa shape index (κ2) is 7.34. The molecule has 0 fully saturated rings. The van der Waals surface area contributed by atoms with Crippen LogP contribution in [0.4, 0.5) is 0 Å². The Hall–Kier alpha value is -2.88. The molecule has 0 atom stereocenters. The van der Waals surface area contributed by atoms with Crippen LogP contribution in [0.2, 0.25) is 0 Å². The Morgan fingerprint density at radius 2 is 1.72 bits per heavy atom. The molecule has 0 spiro atoms. The lowest BCUT2D eigenvalue weighted by Crippen LogP contribution is -2.15. The Morgan fingerprint density at radius 1 is 1.00 bits per heavy atom. The fraction of sp³-hybridized carbons (Fsp3) is 0.238. The first kappa shape index (κ1) is 17.0. The number of aryl methyl sites for hydroxylation is 2. The van der Waals surface area contributed by atoms with Gasteiger partial charge in [0.2, 0.25) is 0 Å². The first-order valence-corrected chi connectivity index (χ1v) is 8.44. The second-order valence-electron chi connectivity index (χ2n) is 6.08. The zero-order chi connectivity index (χ0) is 17.8. The van der Waals surface area contributed by atoms with Gasteiger partial charge in [0, 0.05) is 0 Å². The number of ether oxygens (including phenoxy) is 1. The van der Waals surface area contributed by atoms with E-state index in [0.29, 0.717) is 6.61 Å². The molecule has 2 aromatic carbocycles. The van der Waals surface area contributed by atoms with Gasteiger partial charge in [-0.3, -0.25) is 9.48 Å². The van der Waals surface area contributed by atoms with E-state index in [-0.39, 0.29) is 12.5 Å². The number of rotatable bonds is 5. The van der Waals surface area contributed by atoms with Gasteiger partial charge >= 0.3 is 5.97 Å². The van der Waals surface area contributed by atoms with Crippen molar-refractivity contribution in [3.05, 3.63) is 65.9 Å². The molecule has 25 heavy (non-hydrogen) atoms. The quantitative estimate of drug-likeness (QED) is 0.650. The van der Waals surface area contributed by atoms with E-state index in [4.69, 9.17) is 4.74 Å². The van der Waals surface area contributed by atoms with Crippen molar-refractivity contribution in [1.29, 1.82) is 0 Å². The maximum Gasteiger partial charge on any atom is 0.327 e. The summed E-state index contributed by atoms with van der Waals surface area (Å²) >= 11 is 0. The van der Waals surface area contributed by atoms with E-state index in [2.05, 4.69) is 60.6 Å². The summed E-state index contributed by atoms with van der Waals surface area (Å²) in [5.41, 5.74) is 6.43. The molecular weight excluding hydrogens is 312 g/mol. The monoisotopic (exact) mass is 334 g/mol. The largest absolute Gasteiger partial charge is 0.465 e. The summed E-state index contributed by atoms with van der Waals surface area (Å²) in [4.78, 5) is 11.8. The molecule has 3 aromatic rings. The minimum Gasteiger partial charge on any atom is -0.465 e. The van der Waals surface area contributed by atoms with Crippen molar-refractivity contribution >= 4 is 5.97 Å². The smallest absolute Gasteiger partial charge is 0.327 e. The van der Waals surface area contributed by atoms with Gasteiger partial charge in [0.25, 0.3) is 0 Å². The fourth-order valence-corrected chi connectivity index (χ4v) is 2.89. The van der Waals surface area contributed by atoms with Crippen molar-refractivity contribution < 1.29 is 9.53 Å². The standard InChI is InChI=1S/C21H22N2O2/c1-4-25-21(24)14-23-20(13-16(3)22-23)18-10-8-17(9-11-18)19-7-5-6-15(2)12-19/h5-13H,4,14H2,1-3H3. The summed E-state index contributed by atoms with van der Waals surface area (Å²) in [6, 6.07) is 18.8. The molecule has 0 amide bonds. The van der Waals surface area contributed by atoms with Gasteiger partial charge in [-0.2, -0.15) is 5.10 Å². The average molecular weight is 334 g/mol. The van der Waals surface area contributed by atoms with E-state index in [1.807, 2.05) is 13.0 Å². The van der Waals surface area contributed by atoms with Gasteiger partial charge < -0.3 is 4.74 Å². The third-order valence-electron chi connectivity index (χ3n) is 4.02. The third kappa shape index (κ3) is 3.97. The summed E-state index contributed by atoms with van der Waals surface area (Å²) in [6.45, 7) is 6.31. The van der Waals surface area contributed by atoms with Crippen LogP contribution < -0.4 is 0 Å². The lowest BCUT2D eigenvalue weighted by Gasteiger charge is -2.08. The lowest BCUT2D eigenvalue weighted by atomic mass is 10.0. The van der Waals surface area contributed by atoms with Gasteiger partial charge in [-0.25, -0.2) is 0 Å². The molecule has 128 valence electrons. The van der Waals surface area contributed by atoms with Gasteiger partial charge in [0.05, 0.1) is 18.0 Å². The van der Waals surface area contributed by atoms with Crippen LogP contribution in [0.3, 0.4) is 0 Å². The van der Waals surface area contributed by atoms with Gasteiger partial charge in [-0.15, -0.1) is 0 Å². The van der Waals surface area contributed by atoms with Crippen LogP contribution in [0.15, 0.2) is 54.6 Å². The Kier molecular flexibility index (Phi) is 4.98.